The van der Waals surface area contributed by atoms with Crippen molar-refractivity contribution in [2.24, 2.45) is 5.92 Å². The van der Waals surface area contributed by atoms with Crippen LogP contribution >= 0.6 is 0 Å². The Hall–Kier alpha value is -2.29. The van der Waals surface area contributed by atoms with Crippen LogP contribution in [-0.4, -0.2) is 19.0 Å². The molecular weight excluding hydrogens is 320 g/mol. The van der Waals surface area contributed by atoms with Crippen molar-refractivity contribution >= 4 is 11.6 Å². The van der Waals surface area contributed by atoms with Crippen molar-refractivity contribution in [2.75, 3.05) is 18.0 Å². The van der Waals surface area contributed by atoms with E-state index in [0.717, 1.165) is 41.3 Å². The van der Waals surface area contributed by atoms with E-state index >= 15 is 0 Å². The number of hydrogen-bond acceptors (Lipinski definition) is 2. The normalized spacial score (nSPS) is 17.2. The first-order valence-electron chi connectivity index (χ1n) is 9.64. The molecule has 1 saturated heterocycles. The van der Waals surface area contributed by atoms with Crippen molar-refractivity contribution in [3.05, 3.63) is 64.2 Å². The molecule has 2 aromatic rings. The summed E-state index contributed by atoms with van der Waals surface area (Å²) in [6, 6.07) is 12.7. The molecule has 1 amide bonds. The van der Waals surface area contributed by atoms with Gasteiger partial charge in [0, 0.05) is 30.9 Å². The summed E-state index contributed by atoms with van der Waals surface area (Å²) in [4.78, 5) is 15.0. The monoisotopic (exact) mass is 350 g/mol. The second-order valence-corrected chi connectivity index (χ2v) is 7.79. The molecule has 3 rings (SSSR count). The van der Waals surface area contributed by atoms with Crippen molar-refractivity contribution in [3.63, 3.8) is 0 Å². The first-order chi connectivity index (χ1) is 12.4. The van der Waals surface area contributed by atoms with Crippen LogP contribution in [0.4, 0.5) is 5.69 Å². The molecule has 0 aromatic heterocycles. The highest BCUT2D eigenvalue weighted by atomic mass is 16.1. The third-order valence-electron chi connectivity index (χ3n) is 5.50. The zero-order valence-electron chi connectivity index (χ0n) is 16.4. The number of carbonyl (C=O) groups excluding carboxylic acids is 1. The summed E-state index contributed by atoms with van der Waals surface area (Å²) in [7, 11) is 0. The zero-order valence-corrected chi connectivity index (χ0v) is 16.4. The molecule has 2 aromatic carbocycles. The third-order valence-corrected chi connectivity index (χ3v) is 5.50. The molecule has 26 heavy (non-hydrogen) atoms. The van der Waals surface area contributed by atoms with Gasteiger partial charge < -0.3 is 10.2 Å². The predicted molar refractivity (Wildman–Crippen MR) is 109 cm³/mol. The molecule has 1 aliphatic heterocycles. The summed E-state index contributed by atoms with van der Waals surface area (Å²) >= 11 is 0. The molecule has 0 bridgehead atoms. The molecule has 0 unspecified atom stereocenters. The number of nitrogens with one attached hydrogen (secondary N) is 1. The molecule has 0 radical (unpaired) electrons. The topological polar surface area (TPSA) is 32.3 Å². The summed E-state index contributed by atoms with van der Waals surface area (Å²) in [5.74, 6) is 0.767. The van der Waals surface area contributed by atoms with Crippen molar-refractivity contribution in [2.45, 2.75) is 47.1 Å². The van der Waals surface area contributed by atoms with Crippen LogP contribution in [0.3, 0.4) is 0 Å². The quantitative estimate of drug-likeness (QED) is 0.861. The lowest BCUT2D eigenvalue weighted by Crippen LogP contribution is -2.34. The van der Waals surface area contributed by atoms with Gasteiger partial charge in [0.2, 0.25) is 0 Å². The number of nitrogens with zero attached hydrogens (tertiary/aromatic N) is 1. The SMILES string of the molecule is Cc1cc(C)c(C(=O)NCc2ccc(N3CCC[C@@H](C)C3)cc2)cc1C. The highest BCUT2D eigenvalue weighted by Crippen LogP contribution is 2.23. The maximum Gasteiger partial charge on any atom is 0.251 e. The highest BCUT2D eigenvalue weighted by Gasteiger charge is 2.16. The first-order valence-corrected chi connectivity index (χ1v) is 9.64. The first kappa shape index (κ1) is 18.5. The minimum atomic E-state index is -0.000433. The Bertz CT molecular complexity index is 780. The van der Waals surface area contributed by atoms with Gasteiger partial charge in [-0.15, -0.1) is 0 Å². The fourth-order valence-electron chi connectivity index (χ4n) is 3.73. The molecule has 0 aliphatic carbocycles. The number of aryl methyl sites for hydroxylation is 3. The summed E-state index contributed by atoms with van der Waals surface area (Å²) in [6.07, 6.45) is 2.60. The summed E-state index contributed by atoms with van der Waals surface area (Å²) in [5.41, 5.74) is 6.60. The number of benzene rings is 2. The molecule has 1 atom stereocenters. The molecule has 3 nitrogen and oxygen atoms in total. The standard InChI is InChI=1S/C23H30N2O/c1-16-6-5-11-25(15-16)21-9-7-20(8-10-21)14-24-23(26)22-13-18(3)17(2)12-19(22)4/h7-10,12-13,16H,5-6,11,14-15H2,1-4H3,(H,24,26)/t16-/m1/s1. The van der Waals surface area contributed by atoms with E-state index in [1.54, 1.807) is 0 Å². The molecular formula is C23H30N2O. The van der Waals surface area contributed by atoms with E-state index in [0.29, 0.717) is 6.54 Å². The largest absolute Gasteiger partial charge is 0.371 e. The number of rotatable bonds is 4. The average Bonchev–Trinajstić information content (AvgIpc) is 2.63. The van der Waals surface area contributed by atoms with E-state index in [2.05, 4.69) is 54.4 Å². The van der Waals surface area contributed by atoms with Crippen LogP contribution in [0.15, 0.2) is 36.4 Å². The fraction of sp³-hybridized carbons (Fsp3) is 0.435. The van der Waals surface area contributed by atoms with Crippen molar-refractivity contribution in [3.8, 4) is 0 Å². The van der Waals surface area contributed by atoms with Crippen LogP contribution < -0.4 is 10.2 Å². The van der Waals surface area contributed by atoms with Gasteiger partial charge in [0.05, 0.1) is 0 Å². The van der Waals surface area contributed by atoms with Gasteiger partial charge in [0.1, 0.15) is 0 Å². The van der Waals surface area contributed by atoms with Gasteiger partial charge in [0.25, 0.3) is 5.91 Å². The Labute approximate surface area is 157 Å². The van der Waals surface area contributed by atoms with Crippen LogP contribution in [-0.2, 0) is 6.54 Å². The van der Waals surface area contributed by atoms with Gasteiger partial charge in [-0.3, -0.25) is 4.79 Å². The molecule has 1 N–H and O–H groups in total. The van der Waals surface area contributed by atoms with Gasteiger partial charge in [-0.25, -0.2) is 0 Å². The van der Waals surface area contributed by atoms with E-state index < -0.39 is 0 Å². The fourth-order valence-corrected chi connectivity index (χ4v) is 3.73. The van der Waals surface area contributed by atoms with E-state index in [1.165, 1.54) is 24.1 Å². The molecule has 1 heterocycles. The Morgan fingerprint density at radius 3 is 2.46 bits per heavy atom. The number of hydrogen-bond donors (Lipinski definition) is 1. The predicted octanol–water partition coefficient (Wildman–Crippen LogP) is 4.78. The second kappa shape index (κ2) is 7.94. The summed E-state index contributed by atoms with van der Waals surface area (Å²) in [6.45, 7) is 11.3. The molecule has 138 valence electrons. The van der Waals surface area contributed by atoms with Gasteiger partial charge >= 0.3 is 0 Å². The Morgan fingerprint density at radius 2 is 1.77 bits per heavy atom. The highest BCUT2D eigenvalue weighted by molar-refractivity contribution is 5.95. The Kier molecular flexibility index (Phi) is 5.65. The average molecular weight is 351 g/mol. The van der Waals surface area contributed by atoms with Gasteiger partial charge in [-0.05, 0) is 80.0 Å². The number of amides is 1. The van der Waals surface area contributed by atoms with Crippen molar-refractivity contribution in [1.29, 1.82) is 0 Å². The third kappa shape index (κ3) is 4.27. The van der Waals surface area contributed by atoms with Crippen LogP contribution in [0.1, 0.15) is 52.4 Å². The Balaban J connectivity index is 1.61. The Morgan fingerprint density at radius 1 is 1.08 bits per heavy atom. The minimum absolute atomic E-state index is 0.000433. The molecule has 3 heteroatoms. The summed E-state index contributed by atoms with van der Waals surface area (Å²) in [5, 5.41) is 3.06. The van der Waals surface area contributed by atoms with Crippen LogP contribution in [0.5, 0.6) is 0 Å². The number of anilines is 1. The maximum absolute atomic E-state index is 12.5. The van der Waals surface area contributed by atoms with E-state index in [-0.39, 0.29) is 5.91 Å². The van der Waals surface area contributed by atoms with Crippen LogP contribution in [0.25, 0.3) is 0 Å². The lowest BCUT2D eigenvalue weighted by Gasteiger charge is -2.32. The zero-order chi connectivity index (χ0) is 18.7. The molecule has 1 fully saturated rings. The van der Waals surface area contributed by atoms with Crippen molar-refractivity contribution in [1.82, 2.24) is 5.32 Å². The second-order valence-electron chi connectivity index (χ2n) is 7.79. The lowest BCUT2D eigenvalue weighted by atomic mass is 9.99. The lowest BCUT2D eigenvalue weighted by molar-refractivity contribution is 0.0950. The van der Waals surface area contributed by atoms with Crippen LogP contribution in [0.2, 0.25) is 0 Å². The summed E-state index contributed by atoms with van der Waals surface area (Å²) < 4.78 is 0. The number of piperidine rings is 1. The van der Waals surface area contributed by atoms with E-state index in [4.69, 9.17) is 0 Å². The minimum Gasteiger partial charge on any atom is -0.371 e. The molecule has 0 saturated carbocycles. The molecule has 0 spiro atoms. The van der Waals surface area contributed by atoms with E-state index in [9.17, 15) is 4.79 Å². The molecule has 1 aliphatic rings. The van der Waals surface area contributed by atoms with E-state index in [1.807, 2.05) is 19.9 Å². The smallest absolute Gasteiger partial charge is 0.251 e. The van der Waals surface area contributed by atoms with Crippen molar-refractivity contribution < 1.29 is 4.79 Å². The van der Waals surface area contributed by atoms with Gasteiger partial charge in [0.15, 0.2) is 0 Å². The van der Waals surface area contributed by atoms with Crippen LogP contribution in [0, 0.1) is 26.7 Å². The van der Waals surface area contributed by atoms with Gasteiger partial charge in [-0.1, -0.05) is 25.1 Å². The van der Waals surface area contributed by atoms with Gasteiger partial charge in [-0.2, -0.15) is 0 Å². The maximum atomic E-state index is 12.5. The number of carbonyl (C=O) groups is 1.